The molecular formula is C13H16N4O4S. The first-order valence-electron chi connectivity index (χ1n) is 6.20. The molecule has 0 bridgehead atoms. The van der Waals surface area contributed by atoms with Gasteiger partial charge in [0.2, 0.25) is 10.0 Å². The molecule has 8 nitrogen and oxygen atoms in total. The molecule has 0 spiro atoms. The number of aliphatic hydroxyl groups is 1. The van der Waals surface area contributed by atoms with E-state index in [4.69, 9.17) is 15.5 Å². The summed E-state index contributed by atoms with van der Waals surface area (Å²) in [6.07, 6.45) is 0.575. The Bertz CT molecular complexity index is 703. The van der Waals surface area contributed by atoms with E-state index in [2.05, 4.69) is 10.6 Å². The van der Waals surface area contributed by atoms with Crippen molar-refractivity contribution in [2.45, 2.75) is 17.9 Å². The average molecular weight is 324 g/mol. The van der Waals surface area contributed by atoms with E-state index >= 15 is 0 Å². The van der Waals surface area contributed by atoms with Gasteiger partial charge in [0.05, 0.1) is 11.0 Å². The van der Waals surface area contributed by atoms with Crippen molar-refractivity contribution in [3.63, 3.8) is 0 Å². The molecule has 1 aromatic carbocycles. The van der Waals surface area contributed by atoms with Gasteiger partial charge in [-0.1, -0.05) is 0 Å². The maximum absolute atomic E-state index is 11.9. The van der Waals surface area contributed by atoms with Crippen LogP contribution in [0.4, 0.5) is 5.69 Å². The molecule has 118 valence electrons. The van der Waals surface area contributed by atoms with Gasteiger partial charge in [0.25, 0.3) is 5.91 Å². The summed E-state index contributed by atoms with van der Waals surface area (Å²) < 4.78 is 22.2. The van der Waals surface area contributed by atoms with E-state index in [1.807, 2.05) is 0 Å². The molecule has 1 amide bonds. The fourth-order valence-corrected chi connectivity index (χ4v) is 1.92. The summed E-state index contributed by atoms with van der Waals surface area (Å²) in [5.74, 6) is -0.663. The predicted molar refractivity (Wildman–Crippen MR) is 79.8 cm³/mol. The van der Waals surface area contributed by atoms with Crippen LogP contribution in [0.3, 0.4) is 0 Å². The summed E-state index contributed by atoms with van der Waals surface area (Å²) in [6.45, 7) is 1.75. The Balaban J connectivity index is 2.77. The maximum atomic E-state index is 11.9. The topological polar surface area (TPSA) is 145 Å². The second kappa shape index (κ2) is 7.56. The molecule has 0 aliphatic rings. The number of nitriles is 1. The van der Waals surface area contributed by atoms with Gasteiger partial charge in [0, 0.05) is 18.4 Å². The highest BCUT2D eigenvalue weighted by molar-refractivity contribution is 7.89. The number of benzene rings is 1. The van der Waals surface area contributed by atoms with Crippen molar-refractivity contribution in [2.24, 2.45) is 5.14 Å². The minimum absolute atomic E-state index is 0.0832. The van der Waals surface area contributed by atoms with E-state index in [0.717, 1.165) is 0 Å². The van der Waals surface area contributed by atoms with Crippen LogP contribution in [-0.2, 0) is 14.8 Å². The Hall–Kier alpha value is -2.41. The van der Waals surface area contributed by atoms with Gasteiger partial charge in [-0.15, -0.1) is 0 Å². The zero-order chi connectivity index (χ0) is 16.8. The minimum Gasteiger partial charge on any atom is -0.392 e. The number of aliphatic hydroxyl groups excluding tert-OH is 1. The van der Waals surface area contributed by atoms with Crippen molar-refractivity contribution in [1.29, 1.82) is 5.26 Å². The van der Waals surface area contributed by atoms with Gasteiger partial charge >= 0.3 is 0 Å². The van der Waals surface area contributed by atoms with Crippen molar-refractivity contribution in [1.82, 2.24) is 5.32 Å². The highest BCUT2D eigenvalue weighted by atomic mass is 32.2. The molecule has 5 N–H and O–H groups in total. The summed E-state index contributed by atoms with van der Waals surface area (Å²) in [6, 6.07) is 6.92. The second-order valence-electron chi connectivity index (χ2n) is 4.45. The molecule has 0 heterocycles. The largest absolute Gasteiger partial charge is 0.392 e. The molecule has 0 saturated heterocycles. The molecule has 1 rings (SSSR count). The molecule has 9 heteroatoms. The lowest BCUT2D eigenvalue weighted by atomic mass is 10.2. The van der Waals surface area contributed by atoms with E-state index in [1.54, 1.807) is 13.0 Å². The fourth-order valence-electron chi connectivity index (χ4n) is 1.41. The molecule has 0 aromatic heterocycles. The van der Waals surface area contributed by atoms with Crippen LogP contribution in [-0.4, -0.2) is 32.1 Å². The number of carbonyl (C=O) groups excluding carboxylic acids is 1. The number of nitrogens with one attached hydrogen (secondary N) is 2. The standard InChI is InChI=1S/C13H16N4O4S/c1-9(18)7-16-8-10(6-14)13(19)17-11-2-4-12(5-3-11)22(15,20)21/h2-5,8-9,16,18H,7H2,1H3,(H,17,19)(H2,15,20,21)/b10-8-. The fraction of sp³-hybridized carbons (Fsp3) is 0.231. The third-order valence-corrected chi connectivity index (χ3v) is 3.39. The number of carbonyl (C=O) groups is 1. The number of anilines is 1. The zero-order valence-corrected chi connectivity index (χ0v) is 12.6. The van der Waals surface area contributed by atoms with Crippen LogP contribution in [0, 0.1) is 11.3 Å². The van der Waals surface area contributed by atoms with Crippen LogP contribution >= 0.6 is 0 Å². The molecule has 1 atom stereocenters. The Morgan fingerprint density at radius 3 is 2.50 bits per heavy atom. The van der Waals surface area contributed by atoms with Crippen LogP contribution in [0.2, 0.25) is 0 Å². The van der Waals surface area contributed by atoms with Crippen LogP contribution in [0.1, 0.15) is 6.92 Å². The molecule has 0 saturated carbocycles. The van der Waals surface area contributed by atoms with Crippen molar-refractivity contribution in [3.05, 3.63) is 36.0 Å². The second-order valence-corrected chi connectivity index (χ2v) is 6.01. The monoisotopic (exact) mass is 324 g/mol. The van der Waals surface area contributed by atoms with Gasteiger partial charge in [0.1, 0.15) is 11.6 Å². The van der Waals surface area contributed by atoms with Gasteiger partial charge in [-0.3, -0.25) is 4.79 Å². The van der Waals surface area contributed by atoms with Gasteiger partial charge in [-0.25, -0.2) is 13.6 Å². The van der Waals surface area contributed by atoms with E-state index in [0.29, 0.717) is 5.69 Å². The lowest BCUT2D eigenvalue weighted by Crippen LogP contribution is -2.22. The first kappa shape index (κ1) is 17.6. The smallest absolute Gasteiger partial charge is 0.267 e. The van der Waals surface area contributed by atoms with Crippen LogP contribution in [0.25, 0.3) is 0 Å². The molecule has 0 radical (unpaired) electrons. The minimum atomic E-state index is -3.80. The molecule has 22 heavy (non-hydrogen) atoms. The highest BCUT2D eigenvalue weighted by Gasteiger charge is 2.11. The van der Waals surface area contributed by atoms with Gasteiger partial charge in [-0.2, -0.15) is 5.26 Å². The third-order valence-electron chi connectivity index (χ3n) is 2.47. The van der Waals surface area contributed by atoms with E-state index in [-0.39, 0.29) is 17.0 Å². The quantitative estimate of drug-likeness (QED) is 0.415. The highest BCUT2D eigenvalue weighted by Crippen LogP contribution is 2.13. The van der Waals surface area contributed by atoms with Crippen molar-refractivity contribution in [2.75, 3.05) is 11.9 Å². The molecule has 1 aromatic rings. The van der Waals surface area contributed by atoms with Gasteiger partial charge in [0.15, 0.2) is 0 Å². The third kappa shape index (κ3) is 5.53. The lowest BCUT2D eigenvalue weighted by molar-refractivity contribution is -0.112. The Morgan fingerprint density at radius 2 is 2.05 bits per heavy atom. The number of nitrogens with zero attached hydrogens (tertiary/aromatic N) is 1. The molecule has 0 aliphatic carbocycles. The van der Waals surface area contributed by atoms with Gasteiger partial charge < -0.3 is 15.7 Å². The van der Waals surface area contributed by atoms with E-state index < -0.39 is 22.0 Å². The van der Waals surface area contributed by atoms with Crippen LogP contribution in [0.5, 0.6) is 0 Å². The first-order chi connectivity index (χ1) is 10.2. The summed E-state index contributed by atoms with van der Waals surface area (Å²) in [5, 5.41) is 28.0. The first-order valence-corrected chi connectivity index (χ1v) is 7.74. The predicted octanol–water partition coefficient (Wildman–Crippen LogP) is -0.350. The average Bonchev–Trinajstić information content (AvgIpc) is 2.42. The molecule has 0 fully saturated rings. The Labute approximate surface area is 128 Å². The SMILES string of the molecule is CC(O)CN/C=C(/C#N)C(=O)Nc1ccc(S(N)(=O)=O)cc1. The lowest BCUT2D eigenvalue weighted by Gasteiger charge is -2.06. The molecular weight excluding hydrogens is 308 g/mol. The number of rotatable bonds is 6. The van der Waals surface area contributed by atoms with E-state index in [1.165, 1.54) is 30.5 Å². The zero-order valence-electron chi connectivity index (χ0n) is 11.8. The summed E-state index contributed by atoms with van der Waals surface area (Å²) in [5.41, 5.74) is 0.130. The van der Waals surface area contributed by atoms with Crippen molar-refractivity contribution in [3.8, 4) is 6.07 Å². The van der Waals surface area contributed by atoms with Crippen LogP contribution in [0.15, 0.2) is 40.9 Å². The van der Waals surface area contributed by atoms with Crippen LogP contribution < -0.4 is 15.8 Å². The van der Waals surface area contributed by atoms with E-state index in [9.17, 15) is 13.2 Å². The summed E-state index contributed by atoms with van der Waals surface area (Å²) in [7, 11) is -3.80. The number of sulfonamides is 1. The number of nitrogens with two attached hydrogens (primary N) is 1. The number of hydrogen-bond acceptors (Lipinski definition) is 6. The van der Waals surface area contributed by atoms with Crippen molar-refractivity contribution >= 4 is 21.6 Å². The molecule has 0 aliphatic heterocycles. The number of primary sulfonamides is 1. The Morgan fingerprint density at radius 1 is 1.45 bits per heavy atom. The summed E-state index contributed by atoms with van der Waals surface area (Å²) in [4.78, 5) is 11.8. The number of amides is 1. The Kier molecular flexibility index (Phi) is 6.06. The molecule has 1 unspecified atom stereocenters. The van der Waals surface area contributed by atoms with Gasteiger partial charge in [-0.05, 0) is 31.2 Å². The van der Waals surface area contributed by atoms with Crippen molar-refractivity contribution < 1.29 is 18.3 Å². The summed E-state index contributed by atoms with van der Waals surface area (Å²) >= 11 is 0. The normalized spacial score (nSPS) is 13.1. The number of hydrogen-bond donors (Lipinski definition) is 4. The maximum Gasteiger partial charge on any atom is 0.267 e.